The molecule has 29 heteroatoms. The third-order valence-electron chi connectivity index (χ3n) is 11.3. The zero-order valence-corrected chi connectivity index (χ0v) is 42.2. The number of rotatable bonds is 19. The van der Waals surface area contributed by atoms with Crippen LogP contribution in [0.15, 0.2) is 52.8 Å². The van der Waals surface area contributed by atoms with Crippen molar-refractivity contribution in [2.75, 3.05) is 31.1 Å². The molecular formula is C44H63N15O11S3. The van der Waals surface area contributed by atoms with Gasteiger partial charge in [0.1, 0.15) is 42.3 Å². The SMILES string of the molecule is NC(=O)CC[C@@H]1NC(=O)[C@H](Cc2ccccc2)NC(=O)[C@H](Cc2cccs2)NC(=O)[C@@H](N)CSSC[C@@H](C(=O)N2CCC[C@H]2C(=O)N[C@@H](CCCN=C(N)N)C(=O)NCC(N)=O)NC(=O)[C@H](CC(N)=O)NC1=O. The molecule has 11 amide bonds. The molecule has 0 aliphatic carbocycles. The van der Waals surface area contributed by atoms with Crippen LogP contribution < -0.4 is 71.6 Å². The fourth-order valence-corrected chi connectivity index (χ4v) is 10.6. The lowest BCUT2D eigenvalue weighted by Crippen LogP contribution is -2.61. The van der Waals surface area contributed by atoms with E-state index in [1.165, 1.54) is 16.2 Å². The number of hydrogen-bond donors (Lipinski definition) is 13. The van der Waals surface area contributed by atoms with Crippen LogP contribution in [0.4, 0.5) is 0 Å². The maximum atomic E-state index is 14.6. The zero-order chi connectivity index (χ0) is 53.6. The molecule has 19 N–H and O–H groups in total. The van der Waals surface area contributed by atoms with Gasteiger partial charge in [-0.1, -0.05) is 58.0 Å². The number of thiophene rings is 1. The molecule has 3 heterocycles. The minimum atomic E-state index is -1.78. The molecule has 0 bridgehead atoms. The van der Waals surface area contributed by atoms with Crippen LogP contribution in [0.5, 0.6) is 0 Å². The molecule has 2 saturated heterocycles. The molecule has 0 saturated carbocycles. The highest BCUT2D eigenvalue weighted by atomic mass is 33.1. The summed E-state index contributed by atoms with van der Waals surface area (Å²) < 4.78 is 0. The normalized spacial score (nSPS) is 22.9. The number of likely N-dealkylation sites (tertiary alicyclic amines) is 1. The fourth-order valence-electron chi connectivity index (χ4n) is 7.56. The Bertz CT molecular complexity index is 2330. The smallest absolute Gasteiger partial charge is 0.246 e. The van der Waals surface area contributed by atoms with Crippen molar-refractivity contribution in [2.45, 2.75) is 106 Å². The van der Waals surface area contributed by atoms with Gasteiger partial charge in [0.15, 0.2) is 5.96 Å². The first-order valence-corrected chi connectivity index (χ1v) is 26.5. The molecule has 2 fully saturated rings. The van der Waals surface area contributed by atoms with E-state index in [1.54, 1.807) is 47.8 Å². The van der Waals surface area contributed by atoms with Crippen LogP contribution >= 0.6 is 32.9 Å². The Balaban J connectivity index is 1.69. The number of hydrogen-bond acceptors (Lipinski definition) is 16. The quantitative estimate of drug-likeness (QED) is 0.0271. The summed E-state index contributed by atoms with van der Waals surface area (Å²) in [6.07, 6.45) is -1.08. The van der Waals surface area contributed by atoms with Gasteiger partial charge in [0.25, 0.3) is 0 Å². The van der Waals surface area contributed by atoms with Gasteiger partial charge in [-0.15, -0.1) is 11.3 Å². The summed E-state index contributed by atoms with van der Waals surface area (Å²) in [5.74, 6) is -10.1. The van der Waals surface area contributed by atoms with Gasteiger partial charge in [-0.25, -0.2) is 0 Å². The van der Waals surface area contributed by atoms with E-state index in [1.807, 2.05) is 0 Å². The molecule has 1 aromatic carbocycles. The van der Waals surface area contributed by atoms with E-state index in [2.05, 4.69) is 42.2 Å². The molecule has 0 spiro atoms. The second-order valence-electron chi connectivity index (χ2n) is 17.0. The Hall–Kier alpha value is -6.98. The van der Waals surface area contributed by atoms with Gasteiger partial charge in [-0.2, -0.15) is 0 Å². The van der Waals surface area contributed by atoms with Crippen LogP contribution in [-0.2, 0) is 65.6 Å². The van der Waals surface area contributed by atoms with Crippen molar-refractivity contribution in [3.8, 4) is 0 Å². The standard InChI is InChI=1S/C44H63N15O11S3/c45-25-21-72-73-22-31(43(70)59-15-5-11-32(59)42(69)54-26(10-4-14-51-44(49)50)37(64)52-20-35(48)62)58-41(68)30(19-34(47)61)57-38(65)27(12-13-33(46)60)53-39(66)28(17-23-7-2-1-3-8-23)56-40(67)29(55-36(25)63)18-24-9-6-16-71-24/h1-3,6-9,16,25-32H,4-5,10-15,17-22,45H2,(H2,46,60)(H2,47,61)(H2,48,62)(H,52,64)(H,53,66)(H,54,69)(H,55,63)(H,56,67)(H,57,65)(H,58,68)(H4,49,50,51)/t25-,26-,27-,28-,29-,30-,31-,32-/m0/s1. The van der Waals surface area contributed by atoms with Crippen molar-refractivity contribution in [2.24, 2.45) is 39.4 Å². The highest BCUT2D eigenvalue weighted by molar-refractivity contribution is 8.76. The Kier molecular flexibility index (Phi) is 23.7. The van der Waals surface area contributed by atoms with E-state index < -0.39 is 139 Å². The van der Waals surface area contributed by atoms with Crippen molar-refractivity contribution in [3.63, 3.8) is 0 Å². The number of nitrogens with one attached hydrogen (secondary N) is 7. The third kappa shape index (κ3) is 19.9. The summed E-state index contributed by atoms with van der Waals surface area (Å²) in [4.78, 5) is 154. The van der Waals surface area contributed by atoms with Crippen molar-refractivity contribution in [3.05, 3.63) is 58.3 Å². The molecule has 26 nitrogen and oxygen atoms in total. The summed E-state index contributed by atoms with van der Waals surface area (Å²) in [7, 11) is 2.05. The van der Waals surface area contributed by atoms with E-state index in [4.69, 9.17) is 34.4 Å². The third-order valence-corrected chi connectivity index (χ3v) is 14.6. The molecule has 2 aliphatic rings. The van der Waals surface area contributed by atoms with Gasteiger partial charge in [0, 0.05) is 48.7 Å². The van der Waals surface area contributed by atoms with Gasteiger partial charge >= 0.3 is 0 Å². The average molecular weight is 1070 g/mol. The maximum Gasteiger partial charge on any atom is 0.246 e. The number of nitrogens with zero attached hydrogens (tertiary/aromatic N) is 2. The lowest BCUT2D eigenvalue weighted by Gasteiger charge is -2.31. The Morgan fingerprint density at radius 2 is 1.36 bits per heavy atom. The highest BCUT2D eigenvalue weighted by Gasteiger charge is 2.40. The molecule has 2 aromatic rings. The molecule has 0 radical (unpaired) electrons. The van der Waals surface area contributed by atoms with Crippen LogP contribution in [0.3, 0.4) is 0 Å². The van der Waals surface area contributed by atoms with Gasteiger partial charge in [-0.3, -0.25) is 57.7 Å². The number of carbonyl (C=O) groups is 11. The molecule has 2 aliphatic heterocycles. The predicted octanol–water partition coefficient (Wildman–Crippen LogP) is -5.05. The number of carbonyl (C=O) groups excluding carboxylic acids is 11. The number of primary amides is 3. The summed E-state index contributed by atoms with van der Waals surface area (Å²) in [6, 6.07) is 0.940. The summed E-state index contributed by atoms with van der Waals surface area (Å²) >= 11 is 1.32. The number of aliphatic imine (C=N–C) groups is 1. The second-order valence-corrected chi connectivity index (χ2v) is 20.6. The molecule has 73 heavy (non-hydrogen) atoms. The van der Waals surface area contributed by atoms with E-state index >= 15 is 0 Å². The first-order valence-electron chi connectivity index (χ1n) is 23.1. The van der Waals surface area contributed by atoms with Crippen LogP contribution in [0.1, 0.15) is 55.4 Å². The van der Waals surface area contributed by atoms with Crippen LogP contribution in [0.2, 0.25) is 0 Å². The van der Waals surface area contributed by atoms with Crippen molar-refractivity contribution >= 4 is 104 Å². The highest BCUT2D eigenvalue weighted by Crippen LogP contribution is 2.26. The van der Waals surface area contributed by atoms with Crippen LogP contribution in [0, 0.1) is 0 Å². The van der Waals surface area contributed by atoms with Crippen molar-refractivity contribution in [1.82, 2.24) is 42.1 Å². The second kappa shape index (κ2) is 29.5. The monoisotopic (exact) mass is 1070 g/mol. The van der Waals surface area contributed by atoms with Gasteiger partial charge in [0.05, 0.1) is 19.0 Å². The lowest BCUT2D eigenvalue weighted by atomic mass is 10.0. The van der Waals surface area contributed by atoms with Gasteiger partial charge in [0.2, 0.25) is 65.0 Å². The number of amides is 11. The minimum Gasteiger partial charge on any atom is -0.370 e. The van der Waals surface area contributed by atoms with Crippen molar-refractivity contribution in [1.29, 1.82) is 0 Å². The Labute approximate surface area is 431 Å². The first-order chi connectivity index (χ1) is 34.7. The van der Waals surface area contributed by atoms with Crippen molar-refractivity contribution < 1.29 is 52.7 Å². The number of benzene rings is 1. The molecule has 4 rings (SSSR count). The molecule has 0 unspecified atom stereocenters. The van der Waals surface area contributed by atoms with Crippen LogP contribution in [0.25, 0.3) is 0 Å². The van der Waals surface area contributed by atoms with Gasteiger partial charge < -0.3 is 76.5 Å². The topological polar surface area (TPSA) is 444 Å². The molecule has 8 atom stereocenters. The Morgan fingerprint density at radius 3 is 2.00 bits per heavy atom. The zero-order valence-electron chi connectivity index (χ0n) is 39.7. The number of nitrogens with two attached hydrogens (primary N) is 6. The van der Waals surface area contributed by atoms with E-state index in [9.17, 15) is 52.7 Å². The summed E-state index contributed by atoms with van der Waals surface area (Å²) in [5, 5.41) is 19.6. The lowest BCUT2D eigenvalue weighted by molar-refractivity contribution is -0.142. The molecular weight excluding hydrogens is 1010 g/mol. The van der Waals surface area contributed by atoms with E-state index in [0.717, 1.165) is 21.6 Å². The van der Waals surface area contributed by atoms with Gasteiger partial charge in [-0.05, 0) is 49.1 Å². The summed E-state index contributed by atoms with van der Waals surface area (Å²) in [6.45, 7) is -0.410. The fraction of sp³-hybridized carbons (Fsp3) is 0.500. The van der Waals surface area contributed by atoms with Crippen LogP contribution in [-0.4, -0.2) is 155 Å². The average Bonchev–Trinajstić information content (AvgIpc) is 4.06. The largest absolute Gasteiger partial charge is 0.370 e. The predicted molar refractivity (Wildman–Crippen MR) is 272 cm³/mol. The maximum absolute atomic E-state index is 14.6. The number of guanidine groups is 1. The van der Waals surface area contributed by atoms with E-state index in [-0.39, 0.29) is 62.7 Å². The minimum absolute atomic E-state index is 0.00992. The molecule has 398 valence electrons. The summed E-state index contributed by atoms with van der Waals surface area (Å²) in [5.41, 5.74) is 33.9. The first kappa shape index (κ1) is 58.6. The Morgan fingerprint density at radius 1 is 0.726 bits per heavy atom. The molecule has 1 aromatic heterocycles. The van der Waals surface area contributed by atoms with E-state index in [0.29, 0.717) is 16.9 Å².